The second kappa shape index (κ2) is 6.41. The van der Waals surface area contributed by atoms with Gasteiger partial charge in [-0.15, -0.1) is 0 Å². The van der Waals surface area contributed by atoms with Crippen LogP contribution in [0.3, 0.4) is 0 Å². The Bertz CT molecular complexity index is 435. The number of pyridine rings is 1. The molecule has 0 saturated heterocycles. The summed E-state index contributed by atoms with van der Waals surface area (Å²) in [5.41, 5.74) is 11.5. The van der Waals surface area contributed by atoms with Gasteiger partial charge in [-0.25, -0.2) is 4.98 Å². The number of anilines is 2. The van der Waals surface area contributed by atoms with Gasteiger partial charge in [0.1, 0.15) is 5.82 Å². The van der Waals surface area contributed by atoms with E-state index in [0.717, 1.165) is 6.54 Å². The summed E-state index contributed by atoms with van der Waals surface area (Å²) in [4.78, 5) is 15.4. The minimum atomic E-state index is -0.535. The molecule has 0 fully saturated rings. The fourth-order valence-electron chi connectivity index (χ4n) is 2.24. The number of aromatic nitrogens is 1. The van der Waals surface area contributed by atoms with Crippen LogP contribution in [0.15, 0.2) is 12.3 Å². The van der Waals surface area contributed by atoms with Crippen LogP contribution in [0.2, 0.25) is 0 Å². The third-order valence-corrected chi connectivity index (χ3v) is 3.43. The SMILES string of the molecule is CC(C)C(CNc1cc(C(N)=O)c(N)cn1)C(C)C. The van der Waals surface area contributed by atoms with Crippen molar-refractivity contribution >= 4 is 17.4 Å². The average Bonchev–Trinajstić information content (AvgIpc) is 2.30. The Balaban J connectivity index is 2.78. The number of hydrogen-bond donors (Lipinski definition) is 3. The van der Waals surface area contributed by atoms with E-state index in [-0.39, 0.29) is 0 Å². The van der Waals surface area contributed by atoms with E-state index in [1.54, 1.807) is 6.07 Å². The molecule has 0 atom stereocenters. The van der Waals surface area contributed by atoms with Gasteiger partial charge in [0.25, 0.3) is 5.91 Å². The lowest BCUT2D eigenvalue weighted by molar-refractivity contribution is 0.100. The summed E-state index contributed by atoms with van der Waals surface area (Å²) in [5.74, 6) is 1.80. The monoisotopic (exact) mass is 264 g/mol. The van der Waals surface area contributed by atoms with Crippen molar-refractivity contribution in [2.75, 3.05) is 17.6 Å². The Kier molecular flexibility index (Phi) is 5.15. The first-order chi connectivity index (χ1) is 8.82. The minimum absolute atomic E-state index is 0.308. The molecule has 1 heterocycles. The van der Waals surface area contributed by atoms with E-state index in [2.05, 4.69) is 38.0 Å². The number of carbonyl (C=O) groups is 1. The molecule has 1 amide bonds. The number of nitrogens with two attached hydrogens (primary N) is 2. The van der Waals surface area contributed by atoms with E-state index in [1.807, 2.05) is 0 Å². The summed E-state index contributed by atoms with van der Waals surface area (Å²) in [5, 5.41) is 3.26. The Labute approximate surface area is 114 Å². The topological polar surface area (TPSA) is 94.0 Å². The van der Waals surface area contributed by atoms with Crippen LogP contribution >= 0.6 is 0 Å². The highest BCUT2D eigenvalue weighted by atomic mass is 16.1. The zero-order valence-electron chi connectivity index (χ0n) is 12.1. The molecule has 1 rings (SSSR count). The highest BCUT2D eigenvalue weighted by Crippen LogP contribution is 2.21. The van der Waals surface area contributed by atoms with Crippen molar-refractivity contribution in [1.82, 2.24) is 4.98 Å². The molecule has 0 aliphatic heterocycles. The molecule has 0 bridgehead atoms. The zero-order valence-corrected chi connectivity index (χ0v) is 12.1. The fourth-order valence-corrected chi connectivity index (χ4v) is 2.24. The molecule has 19 heavy (non-hydrogen) atoms. The van der Waals surface area contributed by atoms with Gasteiger partial charge in [-0.05, 0) is 23.8 Å². The van der Waals surface area contributed by atoms with Crippen molar-refractivity contribution in [2.45, 2.75) is 27.7 Å². The summed E-state index contributed by atoms with van der Waals surface area (Å²) in [6, 6.07) is 1.61. The highest BCUT2D eigenvalue weighted by molar-refractivity contribution is 5.98. The first kappa shape index (κ1) is 15.3. The number of hydrogen-bond acceptors (Lipinski definition) is 4. The molecule has 1 aromatic heterocycles. The van der Waals surface area contributed by atoms with E-state index in [0.29, 0.717) is 34.8 Å². The molecule has 0 saturated carbocycles. The van der Waals surface area contributed by atoms with Gasteiger partial charge in [0.15, 0.2) is 0 Å². The maximum absolute atomic E-state index is 11.2. The highest BCUT2D eigenvalue weighted by Gasteiger charge is 2.17. The molecule has 1 aromatic rings. The zero-order chi connectivity index (χ0) is 14.6. The third-order valence-electron chi connectivity index (χ3n) is 3.43. The largest absolute Gasteiger partial charge is 0.397 e. The smallest absolute Gasteiger partial charge is 0.250 e. The summed E-state index contributed by atoms with van der Waals surface area (Å²) in [6.45, 7) is 9.63. The first-order valence-corrected chi connectivity index (χ1v) is 6.62. The molecule has 5 heteroatoms. The second-order valence-electron chi connectivity index (χ2n) is 5.55. The van der Waals surface area contributed by atoms with Crippen molar-refractivity contribution < 1.29 is 4.79 Å². The van der Waals surface area contributed by atoms with Gasteiger partial charge in [0, 0.05) is 6.54 Å². The van der Waals surface area contributed by atoms with Crippen molar-refractivity contribution in [2.24, 2.45) is 23.5 Å². The van der Waals surface area contributed by atoms with Crippen LogP contribution in [-0.2, 0) is 0 Å². The summed E-state index contributed by atoms with van der Waals surface area (Å²) >= 11 is 0. The molecule has 0 unspecified atom stereocenters. The second-order valence-corrected chi connectivity index (χ2v) is 5.55. The Hall–Kier alpha value is -1.78. The molecule has 0 aromatic carbocycles. The van der Waals surface area contributed by atoms with Crippen LogP contribution in [0.1, 0.15) is 38.1 Å². The lowest BCUT2D eigenvalue weighted by atomic mass is 9.85. The third kappa shape index (κ3) is 4.12. The predicted octanol–water partition coefficient (Wildman–Crippen LogP) is 2.10. The van der Waals surface area contributed by atoms with Crippen molar-refractivity contribution in [3.05, 3.63) is 17.8 Å². The number of rotatable bonds is 6. The normalized spacial score (nSPS) is 11.3. The number of nitrogens with zero attached hydrogens (tertiary/aromatic N) is 1. The van der Waals surface area contributed by atoms with Gasteiger partial charge >= 0.3 is 0 Å². The van der Waals surface area contributed by atoms with E-state index < -0.39 is 5.91 Å². The Morgan fingerprint density at radius 1 is 1.32 bits per heavy atom. The van der Waals surface area contributed by atoms with Gasteiger partial charge in [-0.2, -0.15) is 0 Å². The van der Waals surface area contributed by atoms with Crippen molar-refractivity contribution in [3.63, 3.8) is 0 Å². The summed E-state index contributed by atoms with van der Waals surface area (Å²) in [6.07, 6.45) is 1.46. The number of primary amides is 1. The molecule has 106 valence electrons. The molecule has 0 aliphatic carbocycles. The van der Waals surface area contributed by atoms with Crippen LogP contribution in [0.4, 0.5) is 11.5 Å². The maximum Gasteiger partial charge on any atom is 0.250 e. The van der Waals surface area contributed by atoms with Crippen LogP contribution in [0.25, 0.3) is 0 Å². The summed E-state index contributed by atoms with van der Waals surface area (Å²) in [7, 11) is 0. The lowest BCUT2D eigenvalue weighted by Gasteiger charge is -2.25. The van der Waals surface area contributed by atoms with Gasteiger partial charge in [-0.1, -0.05) is 27.7 Å². The van der Waals surface area contributed by atoms with E-state index in [1.165, 1.54) is 6.20 Å². The molecular weight excluding hydrogens is 240 g/mol. The lowest BCUT2D eigenvalue weighted by Crippen LogP contribution is -2.25. The molecule has 0 aliphatic rings. The Morgan fingerprint density at radius 3 is 2.37 bits per heavy atom. The van der Waals surface area contributed by atoms with Crippen LogP contribution < -0.4 is 16.8 Å². The quantitative estimate of drug-likeness (QED) is 0.733. The first-order valence-electron chi connectivity index (χ1n) is 6.62. The van der Waals surface area contributed by atoms with Gasteiger partial charge in [-0.3, -0.25) is 4.79 Å². The average molecular weight is 264 g/mol. The number of nitrogens with one attached hydrogen (secondary N) is 1. The fraction of sp³-hybridized carbons (Fsp3) is 0.571. The van der Waals surface area contributed by atoms with Crippen molar-refractivity contribution in [1.29, 1.82) is 0 Å². The van der Waals surface area contributed by atoms with E-state index in [4.69, 9.17) is 11.5 Å². The van der Waals surface area contributed by atoms with Gasteiger partial charge in [0.2, 0.25) is 0 Å². The summed E-state index contributed by atoms with van der Waals surface area (Å²) < 4.78 is 0. The standard InChI is InChI=1S/C14H24N4O/c1-8(2)11(9(3)4)6-17-13-5-10(14(16)19)12(15)7-18-13/h5,7-9,11H,6,15H2,1-4H3,(H2,16,19)(H,17,18). The maximum atomic E-state index is 11.2. The van der Waals surface area contributed by atoms with Crippen LogP contribution in [-0.4, -0.2) is 17.4 Å². The molecule has 5 nitrogen and oxygen atoms in total. The molecule has 0 spiro atoms. The minimum Gasteiger partial charge on any atom is -0.397 e. The molecular formula is C14H24N4O. The predicted molar refractivity (Wildman–Crippen MR) is 78.8 cm³/mol. The number of amides is 1. The van der Waals surface area contributed by atoms with Crippen LogP contribution in [0.5, 0.6) is 0 Å². The number of carbonyl (C=O) groups excluding carboxylic acids is 1. The van der Waals surface area contributed by atoms with Crippen molar-refractivity contribution in [3.8, 4) is 0 Å². The molecule has 5 N–H and O–H groups in total. The van der Waals surface area contributed by atoms with Gasteiger partial charge < -0.3 is 16.8 Å². The molecule has 0 radical (unpaired) electrons. The van der Waals surface area contributed by atoms with E-state index >= 15 is 0 Å². The number of nitrogen functional groups attached to an aromatic ring is 1. The van der Waals surface area contributed by atoms with Gasteiger partial charge in [0.05, 0.1) is 17.4 Å². The Morgan fingerprint density at radius 2 is 1.89 bits per heavy atom. The van der Waals surface area contributed by atoms with E-state index in [9.17, 15) is 4.79 Å². The van der Waals surface area contributed by atoms with Crippen LogP contribution in [0, 0.1) is 17.8 Å².